The molecular formula is C22H18O5. The minimum absolute atomic E-state index is 0.347. The molecule has 0 N–H and O–H groups in total. The van der Waals surface area contributed by atoms with Gasteiger partial charge in [0.1, 0.15) is 12.2 Å². The minimum Gasteiger partial charge on any atom is -0.469 e. The van der Waals surface area contributed by atoms with E-state index < -0.39 is 29.5 Å². The molecule has 2 bridgehead atoms. The lowest BCUT2D eigenvalue weighted by Gasteiger charge is -2.28. The SMILES string of the molecule is COC(=O)C1C(C=O)C2C=CC1(C(=O)c1ccc(-c3ccccc3)cc1)O2. The molecule has 0 amide bonds. The number of fused-ring (bicyclic) bond motifs is 2. The molecule has 2 aromatic carbocycles. The quantitative estimate of drug-likeness (QED) is 0.354. The molecule has 4 atom stereocenters. The van der Waals surface area contributed by atoms with Crippen LogP contribution in [0.3, 0.4) is 0 Å². The van der Waals surface area contributed by atoms with Gasteiger partial charge in [-0.2, -0.15) is 0 Å². The van der Waals surface area contributed by atoms with Gasteiger partial charge < -0.3 is 14.3 Å². The molecule has 27 heavy (non-hydrogen) atoms. The molecule has 1 saturated heterocycles. The molecular weight excluding hydrogens is 344 g/mol. The van der Waals surface area contributed by atoms with Crippen molar-refractivity contribution in [1.29, 1.82) is 0 Å². The average Bonchev–Trinajstić information content (AvgIpc) is 3.31. The van der Waals surface area contributed by atoms with Crippen LogP contribution in [-0.2, 0) is 19.1 Å². The number of ketones is 1. The predicted molar refractivity (Wildman–Crippen MR) is 98.0 cm³/mol. The van der Waals surface area contributed by atoms with E-state index in [0.29, 0.717) is 11.8 Å². The topological polar surface area (TPSA) is 69.7 Å². The second-order valence-electron chi connectivity index (χ2n) is 6.72. The molecule has 1 fully saturated rings. The number of carbonyl (C=O) groups is 3. The van der Waals surface area contributed by atoms with Gasteiger partial charge in [-0.1, -0.05) is 60.7 Å². The second-order valence-corrected chi connectivity index (χ2v) is 6.72. The second kappa shape index (κ2) is 6.59. The monoisotopic (exact) mass is 362 g/mol. The Morgan fingerprint density at radius 3 is 2.33 bits per heavy atom. The third-order valence-corrected chi connectivity index (χ3v) is 5.31. The Balaban J connectivity index is 1.68. The van der Waals surface area contributed by atoms with Gasteiger partial charge >= 0.3 is 5.97 Å². The Morgan fingerprint density at radius 2 is 1.70 bits per heavy atom. The number of methoxy groups -OCH3 is 1. The average molecular weight is 362 g/mol. The summed E-state index contributed by atoms with van der Waals surface area (Å²) < 4.78 is 10.7. The highest BCUT2D eigenvalue weighted by Crippen LogP contribution is 2.48. The zero-order chi connectivity index (χ0) is 19.0. The number of Topliss-reactive ketones (excluding diaryl/α,β-unsaturated/α-hetero) is 1. The third kappa shape index (κ3) is 2.62. The third-order valence-electron chi connectivity index (χ3n) is 5.31. The van der Waals surface area contributed by atoms with Gasteiger partial charge in [0.05, 0.1) is 19.1 Å². The van der Waals surface area contributed by atoms with Gasteiger partial charge in [-0.3, -0.25) is 9.59 Å². The van der Waals surface area contributed by atoms with Crippen LogP contribution in [0.15, 0.2) is 66.7 Å². The van der Waals surface area contributed by atoms with E-state index in [-0.39, 0.29) is 5.78 Å². The van der Waals surface area contributed by atoms with Gasteiger partial charge in [-0.15, -0.1) is 0 Å². The molecule has 2 aliphatic rings. The van der Waals surface area contributed by atoms with Crippen molar-refractivity contribution in [3.8, 4) is 11.1 Å². The van der Waals surface area contributed by atoms with Gasteiger partial charge in [0.25, 0.3) is 0 Å². The fourth-order valence-electron chi connectivity index (χ4n) is 3.96. The summed E-state index contributed by atoms with van der Waals surface area (Å²) in [4.78, 5) is 37.1. The maximum atomic E-state index is 13.3. The summed E-state index contributed by atoms with van der Waals surface area (Å²) in [5.41, 5.74) is 0.950. The summed E-state index contributed by atoms with van der Waals surface area (Å²) in [6.45, 7) is 0. The first kappa shape index (κ1) is 17.4. The first-order chi connectivity index (χ1) is 13.1. The van der Waals surface area contributed by atoms with Gasteiger partial charge in [-0.05, 0) is 17.2 Å². The molecule has 0 saturated carbocycles. The number of ether oxygens (including phenoxy) is 2. The Hall–Kier alpha value is -3.05. The van der Waals surface area contributed by atoms with E-state index in [1.807, 2.05) is 42.5 Å². The molecule has 2 aromatic rings. The smallest absolute Gasteiger partial charge is 0.313 e. The molecule has 2 heterocycles. The molecule has 2 aliphatic heterocycles. The molecule has 0 radical (unpaired) electrons. The molecule has 0 aliphatic carbocycles. The molecule has 0 aromatic heterocycles. The number of rotatable bonds is 5. The summed E-state index contributed by atoms with van der Waals surface area (Å²) in [5.74, 6) is -2.67. The fraction of sp³-hybridized carbons (Fsp3) is 0.227. The molecule has 0 spiro atoms. The van der Waals surface area contributed by atoms with Crippen LogP contribution in [0.1, 0.15) is 10.4 Å². The lowest BCUT2D eigenvalue weighted by molar-refractivity contribution is -0.150. The Kier molecular flexibility index (Phi) is 4.24. The van der Waals surface area contributed by atoms with E-state index in [4.69, 9.17) is 9.47 Å². The maximum absolute atomic E-state index is 13.3. The van der Waals surface area contributed by atoms with Crippen LogP contribution >= 0.6 is 0 Å². The van der Waals surface area contributed by atoms with Crippen LogP contribution in [0, 0.1) is 11.8 Å². The van der Waals surface area contributed by atoms with Gasteiger partial charge in [0.2, 0.25) is 0 Å². The molecule has 5 heteroatoms. The van der Waals surface area contributed by atoms with Crippen LogP contribution in [0.2, 0.25) is 0 Å². The normalized spacial score (nSPS) is 28.1. The van der Waals surface area contributed by atoms with Gasteiger partial charge in [0, 0.05) is 5.56 Å². The Labute approximate surface area is 156 Å². The highest BCUT2D eigenvalue weighted by molar-refractivity contribution is 6.08. The highest BCUT2D eigenvalue weighted by Gasteiger charge is 2.64. The van der Waals surface area contributed by atoms with Crippen LogP contribution in [0.25, 0.3) is 11.1 Å². The van der Waals surface area contributed by atoms with Crippen LogP contribution in [-0.4, -0.2) is 36.9 Å². The largest absolute Gasteiger partial charge is 0.469 e. The molecule has 5 nitrogen and oxygen atoms in total. The fourth-order valence-corrected chi connectivity index (χ4v) is 3.96. The van der Waals surface area contributed by atoms with Crippen molar-refractivity contribution >= 4 is 18.0 Å². The molecule has 4 unspecified atom stereocenters. The van der Waals surface area contributed by atoms with Crippen LogP contribution in [0.4, 0.5) is 0 Å². The van der Waals surface area contributed by atoms with Crippen molar-refractivity contribution in [2.24, 2.45) is 11.8 Å². The van der Waals surface area contributed by atoms with Crippen molar-refractivity contribution in [2.75, 3.05) is 7.11 Å². The van der Waals surface area contributed by atoms with Crippen molar-refractivity contribution in [3.05, 3.63) is 72.3 Å². The van der Waals surface area contributed by atoms with Crippen molar-refractivity contribution < 1.29 is 23.9 Å². The minimum atomic E-state index is -1.49. The van der Waals surface area contributed by atoms with Gasteiger partial charge in [0.15, 0.2) is 11.4 Å². The van der Waals surface area contributed by atoms with E-state index in [1.54, 1.807) is 24.3 Å². The van der Waals surface area contributed by atoms with Crippen molar-refractivity contribution in [2.45, 2.75) is 11.7 Å². The summed E-state index contributed by atoms with van der Waals surface area (Å²) in [6, 6.07) is 17.0. The summed E-state index contributed by atoms with van der Waals surface area (Å²) in [6.07, 6.45) is 3.35. The zero-order valence-electron chi connectivity index (χ0n) is 14.7. The number of hydrogen-bond donors (Lipinski definition) is 0. The first-order valence-electron chi connectivity index (χ1n) is 8.71. The number of carbonyl (C=O) groups excluding carboxylic acids is 3. The number of esters is 1. The van der Waals surface area contributed by atoms with E-state index in [0.717, 1.165) is 11.1 Å². The lowest BCUT2D eigenvalue weighted by Crippen LogP contribution is -2.47. The molecule has 4 rings (SSSR count). The van der Waals surface area contributed by atoms with E-state index in [1.165, 1.54) is 7.11 Å². The summed E-state index contributed by atoms with van der Waals surface area (Å²) in [7, 11) is 1.24. The van der Waals surface area contributed by atoms with E-state index in [2.05, 4.69) is 0 Å². The predicted octanol–water partition coefficient (Wildman–Crippen LogP) is 2.85. The van der Waals surface area contributed by atoms with Crippen LogP contribution < -0.4 is 0 Å². The zero-order valence-corrected chi connectivity index (χ0v) is 14.7. The van der Waals surface area contributed by atoms with Crippen LogP contribution in [0.5, 0.6) is 0 Å². The first-order valence-corrected chi connectivity index (χ1v) is 8.71. The van der Waals surface area contributed by atoms with Crippen molar-refractivity contribution in [3.63, 3.8) is 0 Å². The summed E-state index contributed by atoms with van der Waals surface area (Å²) in [5, 5.41) is 0. The van der Waals surface area contributed by atoms with Crippen molar-refractivity contribution in [1.82, 2.24) is 0 Å². The van der Waals surface area contributed by atoms with E-state index >= 15 is 0 Å². The number of benzene rings is 2. The summed E-state index contributed by atoms with van der Waals surface area (Å²) >= 11 is 0. The number of hydrogen-bond acceptors (Lipinski definition) is 5. The highest BCUT2D eigenvalue weighted by atomic mass is 16.5. The Bertz CT molecular complexity index is 915. The Morgan fingerprint density at radius 1 is 1.04 bits per heavy atom. The standard InChI is InChI=1S/C22H18O5/c1-26-21(25)19-17(13-23)18-11-12-22(19,27-18)20(24)16-9-7-15(8-10-16)14-5-3-2-4-6-14/h2-13,17-19H,1H3. The lowest BCUT2D eigenvalue weighted by atomic mass is 9.72. The van der Waals surface area contributed by atoms with E-state index in [9.17, 15) is 14.4 Å². The molecule has 136 valence electrons. The maximum Gasteiger partial charge on any atom is 0.313 e. The number of aldehydes is 1. The van der Waals surface area contributed by atoms with Gasteiger partial charge in [-0.25, -0.2) is 0 Å².